The minimum Gasteiger partial charge on any atom is -0.507 e. The summed E-state index contributed by atoms with van der Waals surface area (Å²) in [7, 11) is 0. The third-order valence-corrected chi connectivity index (χ3v) is 5.06. The number of phenols is 1. The molecule has 6 heteroatoms. The van der Waals surface area contributed by atoms with Crippen molar-refractivity contribution in [1.29, 1.82) is 0 Å². The molecular weight excluding hydrogens is 346 g/mol. The van der Waals surface area contributed by atoms with Crippen LogP contribution in [0.4, 0.5) is 0 Å². The van der Waals surface area contributed by atoms with Gasteiger partial charge in [0.05, 0.1) is 19.8 Å². The maximum atomic E-state index is 12.6. The van der Waals surface area contributed by atoms with Crippen LogP contribution < -0.4 is 0 Å². The van der Waals surface area contributed by atoms with E-state index in [0.717, 1.165) is 23.9 Å². The van der Waals surface area contributed by atoms with E-state index in [1.807, 2.05) is 24.3 Å². The van der Waals surface area contributed by atoms with Crippen LogP contribution in [-0.2, 0) is 16.0 Å². The molecule has 2 heterocycles. The van der Waals surface area contributed by atoms with Gasteiger partial charge < -0.3 is 19.0 Å². The van der Waals surface area contributed by atoms with Crippen molar-refractivity contribution < 1.29 is 23.8 Å². The molecule has 0 saturated carbocycles. The van der Waals surface area contributed by atoms with Crippen molar-refractivity contribution in [2.24, 2.45) is 0 Å². The van der Waals surface area contributed by atoms with Gasteiger partial charge in [-0.15, -0.1) is 0 Å². The molecule has 0 amide bonds. The Balaban J connectivity index is 1.99. The van der Waals surface area contributed by atoms with Crippen molar-refractivity contribution in [3.63, 3.8) is 0 Å². The summed E-state index contributed by atoms with van der Waals surface area (Å²) in [6, 6.07) is 7.54. The minimum absolute atomic E-state index is 0.191. The van der Waals surface area contributed by atoms with Gasteiger partial charge in [-0.25, -0.2) is 4.79 Å². The lowest BCUT2D eigenvalue weighted by Gasteiger charge is -2.27. The van der Waals surface area contributed by atoms with E-state index in [-0.39, 0.29) is 12.4 Å². The number of fused-ring (bicyclic) bond motifs is 3. The van der Waals surface area contributed by atoms with Crippen LogP contribution in [0, 0.1) is 6.92 Å². The first-order chi connectivity index (χ1) is 13.1. The second-order valence-electron chi connectivity index (χ2n) is 6.72. The number of hydrogen-bond donors (Lipinski definition) is 1. The molecule has 1 aliphatic rings. The number of carbonyl (C=O) groups is 1. The van der Waals surface area contributed by atoms with Crippen LogP contribution in [0.3, 0.4) is 0 Å². The van der Waals surface area contributed by atoms with E-state index in [9.17, 15) is 9.90 Å². The Morgan fingerprint density at radius 2 is 1.93 bits per heavy atom. The molecule has 1 aliphatic heterocycles. The van der Waals surface area contributed by atoms with Gasteiger partial charge in [-0.05, 0) is 13.8 Å². The van der Waals surface area contributed by atoms with Crippen LogP contribution in [-0.4, -0.2) is 48.9 Å². The molecule has 0 aliphatic carbocycles. The molecule has 1 aromatic heterocycles. The van der Waals surface area contributed by atoms with Crippen LogP contribution in [0.2, 0.25) is 0 Å². The molecule has 0 bridgehead atoms. The predicted octanol–water partition coefficient (Wildman–Crippen LogP) is 3.61. The molecule has 27 heavy (non-hydrogen) atoms. The van der Waals surface area contributed by atoms with Crippen molar-refractivity contribution in [2.45, 2.75) is 20.4 Å². The fourth-order valence-corrected chi connectivity index (χ4v) is 3.78. The van der Waals surface area contributed by atoms with Gasteiger partial charge in [-0.2, -0.15) is 0 Å². The Hall–Kier alpha value is -2.57. The van der Waals surface area contributed by atoms with E-state index in [1.54, 1.807) is 13.8 Å². The monoisotopic (exact) mass is 369 g/mol. The smallest absolute Gasteiger partial charge is 0.342 e. The highest BCUT2D eigenvalue weighted by Crippen LogP contribution is 2.42. The topological polar surface area (TPSA) is 72.1 Å². The number of esters is 1. The van der Waals surface area contributed by atoms with Gasteiger partial charge >= 0.3 is 5.97 Å². The summed E-state index contributed by atoms with van der Waals surface area (Å²) in [6.45, 7) is 7.21. The Kier molecular flexibility index (Phi) is 4.76. The maximum absolute atomic E-state index is 12.6. The number of phenolic OH excluding ortho intramolecular Hbond substituents is 1. The van der Waals surface area contributed by atoms with E-state index >= 15 is 0 Å². The number of aromatic hydroxyl groups is 1. The summed E-state index contributed by atoms with van der Waals surface area (Å²) < 4.78 is 16.7. The number of furan rings is 1. The van der Waals surface area contributed by atoms with E-state index in [1.165, 1.54) is 0 Å². The summed E-state index contributed by atoms with van der Waals surface area (Å²) in [4.78, 5) is 14.8. The molecule has 1 saturated heterocycles. The number of carbonyl (C=O) groups excluding carboxylic acids is 1. The van der Waals surface area contributed by atoms with Gasteiger partial charge in [0, 0.05) is 41.4 Å². The van der Waals surface area contributed by atoms with Crippen molar-refractivity contribution in [2.75, 3.05) is 32.9 Å². The first-order valence-electron chi connectivity index (χ1n) is 9.24. The first-order valence-corrected chi connectivity index (χ1v) is 9.24. The first kappa shape index (κ1) is 17.8. The van der Waals surface area contributed by atoms with Crippen LogP contribution in [0.15, 0.2) is 28.7 Å². The molecule has 0 unspecified atom stereocenters. The van der Waals surface area contributed by atoms with Gasteiger partial charge in [0.15, 0.2) is 0 Å². The Labute approximate surface area is 157 Å². The third kappa shape index (κ3) is 3.05. The third-order valence-electron chi connectivity index (χ3n) is 5.06. The molecule has 2 aromatic carbocycles. The zero-order valence-electron chi connectivity index (χ0n) is 15.6. The van der Waals surface area contributed by atoms with Crippen LogP contribution in [0.1, 0.15) is 28.6 Å². The fraction of sp³-hybridized carbons (Fsp3) is 0.381. The SMILES string of the molecule is CCOC(=O)c1c(C)oc2c1c(CN1CCOCC1)c(O)c1ccccc12. The highest BCUT2D eigenvalue weighted by atomic mass is 16.5. The lowest BCUT2D eigenvalue weighted by Crippen LogP contribution is -2.35. The van der Waals surface area contributed by atoms with Crippen LogP contribution >= 0.6 is 0 Å². The second-order valence-corrected chi connectivity index (χ2v) is 6.72. The Morgan fingerprint density at radius 3 is 2.63 bits per heavy atom. The van der Waals surface area contributed by atoms with E-state index in [0.29, 0.717) is 47.6 Å². The van der Waals surface area contributed by atoms with Gasteiger partial charge in [0.1, 0.15) is 22.7 Å². The average Bonchev–Trinajstić information content (AvgIpc) is 3.03. The van der Waals surface area contributed by atoms with Crippen LogP contribution in [0.5, 0.6) is 5.75 Å². The quantitative estimate of drug-likeness (QED) is 0.709. The minimum atomic E-state index is -0.424. The number of hydrogen-bond acceptors (Lipinski definition) is 6. The molecule has 4 rings (SSSR count). The van der Waals surface area contributed by atoms with Crippen molar-refractivity contribution in [3.8, 4) is 5.75 Å². The molecule has 6 nitrogen and oxygen atoms in total. The summed E-state index contributed by atoms with van der Waals surface area (Å²) in [5.41, 5.74) is 1.72. The van der Waals surface area contributed by atoms with E-state index < -0.39 is 5.97 Å². The normalized spacial score (nSPS) is 15.5. The summed E-state index contributed by atoms with van der Waals surface area (Å²) in [6.07, 6.45) is 0. The average molecular weight is 369 g/mol. The number of nitrogens with zero attached hydrogens (tertiary/aromatic N) is 1. The van der Waals surface area contributed by atoms with Gasteiger partial charge in [-0.3, -0.25) is 4.90 Å². The molecule has 3 aromatic rings. The van der Waals surface area contributed by atoms with Gasteiger partial charge in [-0.1, -0.05) is 24.3 Å². The van der Waals surface area contributed by atoms with E-state index in [4.69, 9.17) is 13.9 Å². The summed E-state index contributed by atoms with van der Waals surface area (Å²) >= 11 is 0. The second kappa shape index (κ2) is 7.21. The molecular formula is C21H23NO5. The maximum Gasteiger partial charge on any atom is 0.342 e. The Bertz CT molecular complexity index is 1000. The molecule has 0 radical (unpaired) electrons. The Morgan fingerprint density at radius 1 is 1.22 bits per heavy atom. The number of ether oxygens (including phenoxy) is 2. The summed E-state index contributed by atoms with van der Waals surface area (Å²) in [5, 5.41) is 13.2. The molecule has 1 fully saturated rings. The van der Waals surface area contributed by atoms with E-state index in [2.05, 4.69) is 4.90 Å². The summed E-state index contributed by atoms with van der Waals surface area (Å²) in [5.74, 6) is 0.269. The molecule has 1 N–H and O–H groups in total. The zero-order valence-corrected chi connectivity index (χ0v) is 15.6. The molecule has 0 spiro atoms. The highest BCUT2D eigenvalue weighted by Gasteiger charge is 2.27. The standard InChI is InChI=1S/C21H23NO5/c1-3-26-21(24)17-13(2)27-20-15-7-5-4-6-14(15)19(23)16(18(17)20)12-22-8-10-25-11-9-22/h4-7,23H,3,8-12H2,1-2H3. The van der Waals surface area contributed by atoms with Gasteiger partial charge in [0.2, 0.25) is 0 Å². The lowest BCUT2D eigenvalue weighted by molar-refractivity contribution is 0.0340. The number of benzene rings is 2. The highest BCUT2D eigenvalue weighted by molar-refractivity contribution is 6.16. The van der Waals surface area contributed by atoms with Crippen molar-refractivity contribution >= 4 is 27.7 Å². The number of rotatable bonds is 4. The van der Waals surface area contributed by atoms with Crippen molar-refractivity contribution in [1.82, 2.24) is 4.90 Å². The molecule has 142 valence electrons. The molecule has 0 atom stereocenters. The largest absolute Gasteiger partial charge is 0.507 e. The zero-order chi connectivity index (χ0) is 19.0. The number of aryl methyl sites for hydroxylation is 1. The number of morpholine rings is 1. The fourth-order valence-electron chi connectivity index (χ4n) is 3.78. The van der Waals surface area contributed by atoms with Gasteiger partial charge in [0.25, 0.3) is 0 Å². The van der Waals surface area contributed by atoms with Crippen molar-refractivity contribution in [3.05, 3.63) is 41.2 Å². The van der Waals surface area contributed by atoms with Crippen LogP contribution in [0.25, 0.3) is 21.7 Å². The predicted molar refractivity (Wildman–Crippen MR) is 102 cm³/mol. The lowest BCUT2D eigenvalue weighted by atomic mass is 9.97.